The van der Waals surface area contributed by atoms with Gasteiger partial charge in [-0.05, 0) is 177 Å². The van der Waals surface area contributed by atoms with E-state index in [0.29, 0.717) is 0 Å². The van der Waals surface area contributed by atoms with Gasteiger partial charge >= 0.3 is 0 Å². The molecule has 0 aliphatic heterocycles. The van der Waals surface area contributed by atoms with Gasteiger partial charge in [0.05, 0.1) is 5.69 Å². The van der Waals surface area contributed by atoms with Crippen molar-refractivity contribution in [2.45, 2.75) is 62.3 Å². The lowest BCUT2D eigenvalue weighted by molar-refractivity contribution is 1.28. The van der Waals surface area contributed by atoms with Gasteiger partial charge in [0.1, 0.15) is 0 Å². The summed E-state index contributed by atoms with van der Waals surface area (Å²) in [6.45, 7) is 19.3. The van der Waals surface area contributed by atoms with Crippen LogP contribution in [0.1, 0.15) is 55.5 Å². The van der Waals surface area contributed by atoms with Crippen molar-refractivity contribution in [3.63, 3.8) is 0 Å². The van der Waals surface area contributed by atoms with E-state index in [0.717, 1.165) is 17.1 Å². The number of hydrogen-bond donors (Lipinski definition) is 0. The molecule has 0 aliphatic carbocycles. The molecule has 0 amide bonds. The Balaban J connectivity index is 0.00000161. The van der Waals surface area contributed by atoms with Crippen molar-refractivity contribution in [2.75, 3.05) is 4.90 Å². The van der Waals surface area contributed by atoms with E-state index in [1.54, 1.807) is 0 Å². The van der Waals surface area contributed by atoms with Gasteiger partial charge in [-0.25, -0.2) is 0 Å². The van der Waals surface area contributed by atoms with E-state index in [1.807, 2.05) is 27.7 Å². The van der Waals surface area contributed by atoms with E-state index >= 15 is 0 Å². The van der Waals surface area contributed by atoms with Gasteiger partial charge < -0.3 is 4.90 Å². The van der Waals surface area contributed by atoms with Gasteiger partial charge in [0, 0.05) is 16.9 Å². The van der Waals surface area contributed by atoms with Gasteiger partial charge in [-0.1, -0.05) is 216 Å². The molecular formula is C69H65N. The molecule has 0 spiro atoms. The summed E-state index contributed by atoms with van der Waals surface area (Å²) in [6, 6.07) is 84.1. The van der Waals surface area contributed by atoms with E-state index in [2.05, 4.69) is 270 Å². The smallest absolute Gasteiger partial charge is 0.0540 e. The van der Waals surface area contributed by atoms with Crippen molar-refractivity contribution in [3.8, 4) is 77.9 Å². The summed E-state index contributed by atoms with van der Waals surface area (Å²) in [7, 11) is 0. The van der Waals surface area contributed by atoms with Crippen LogP contribution in [0.3, 0.4) is 0 Å². The normalized spacial score (nSPS) is 10.6. The highest BCUT2D eigenvalue weighted by molar-refractivity contribution is 5.92. The van der Waals surface area contributed by atoms with Gasteiger partial charge in [0.2, 0.25) is 0 Å². The lowest BCUT2D eigenvalue weighted by atomic mass is 9.84. The van der Waals surface area contributed by atoms with Crippen LogP contribution in [-0.2, 0) is 0 Å². The van der Waals surface area contributed by atoms with Crippen molar-refractivity contribution < 1.29 is 0 Å². The van der Waals surface area contributed by atoms with Crippen LogP contribution in [0, 0.1) is 34.6 Å². The fraction of sp³-hybridized carbons (Fsp3) is 0.130. The molecule has 0 N–H and O–H groups in total. The zero-order chi connectivity index (χ0) is 49.1. The monoisotopic (exact) mass is 908 g/mol. The number of nitrogens with zero attached hydrogens (tertiary/aromatic N) is 1. The van der Waals surface area contributed by atoms with Gasteiger partial charge in [0.25, 0.3) is 0 Å². The zero-order valence-electron chi connectivity index (χ0n) is 42.4. The molecule has 10 aromatic rings. The maximum atomic E-state index is 2.43. The number of rotatable bonds is 10. The molecule has 70 heavy (non-hydrogen) atoms. The minimum atomic E-state index is 1.10. The highest BCUT2D eigenvalue weighted by Crippen LogP contribution is 2.45. The predicted molar refractivity (Wildman–Crippen MR) is 306 cm³/mol. The summed E-state index contributed by atoms with van der Waals surface area (Å²) in [5.41, 5.74) is 26.9. The van der Waals surface area contributed by atoms with Gasteiger partial charge in [0.15, 0.2) is 0 Å². The van der Waals surface area contributed by atoms with Crippen LogP contribution < -0.4 is 4.90 Å². The second kappa shape index (κ2) is 22.4. The third-order valence-corrected chi connectivity index (χ3v) is 13.4. The first-order chi connectivity index (χ1) is 34.3. The first-order valence-corrected chi connectivity index (χ1v) is 25.0. The molecule has 0 fully saturated rings. The van der Waals surface area contributed by atoms with E-state index < -0.39 is 0 Å². The number of anilines is 3. The molecular weight excluding hydrogens is 843 g/mol. The highest BCUT2D eigenvalue weighted by atomic mass is 15.1. The molecule has 0 radical (unpaired) electrons. The molecule has 0 saturated heterocycles. The highest BCUT2D eigenvalue weighted by Gasteiger charge is 2.21. The summed E-state index contributed by atoms with van der Waals surface area (Å²) >= 11 is 0. The van der Waals surface area contributed by atoms with Crippen molar-refractivity contribution in [1.29, 1.82) is 0 Å². The Kier molecular flexibility index (Phi) is 15.5. The second-order valence-corrected chi connectivity index (χ2v) is 17.5. The number of para-hydroxylation sites is 1. The van der Waals surface area contributed by atoms with Crippen molar-refractivity contribution in [1.82, 2.24) is 0 Å². The molecule has 0 unspecified atom stereocenters. The summed E-state index contributed by atoms with van der Waals surface area (Å²) in [5, 5.41) is 0. The second-order valence-electron chi connectivity index (χ2n) is 17.5. The lowest BCUT2D eigenvalue weighted by Crippen LogP contribution is -2.11. The van der Waals surface area contributed by atoms with Crippen molar-refractivity contribution in [2.24, 2.45) is 0 Å². The largest absolute Gasteiger partial charge is 0.310 e. The fourth-order valence-electron chi connectivity index (χ4n) is 9.76. The first kappa shape index (κ1) is 48.5. The maximum Gasteiger partial charge on any atom is 0.0540 e. The third-order valence-electron chi connectivity index (χ3n) is 13.4. The van der Waals surface area contributed by atoms with Crippen LogP contribution in [0.5, 0.6) is 0 Å². The first-order valence-electron chi connectivity index (χ1n) is 25.0. The molecule has 0 bridgehead atoms. The molecule has 10 aromatic carbocycles. The van der Waals surface area contributed by atoms with E-state index in [1.165, 1.54) is 106 Å². The Morgan fingerprint density at radius 1 is 0.229 bits per heavy atom. The van der Waals surface area contributed by atoms with E-state index in [4.69, 9.17) is 0 Å². The van der Waals surface area contributed by atoms with E-state index in [-0.39, 0.29) is 0 Å². The molecule has 0 aromatic heterocycles. The lowest BCUT2D eigenvalue weighted by Gasteiger charge is -2.28. The minimum absolute atomic E-state index is 1.10. The summed E-state index contributed by atoms with van der Waals surface area (Å²) in [6.07, 6.45) is 0. The van der Waals surface area contributed by atoms with Gasteiger partial charge in [-0.2, -0.15) is 0 Å². The van der Waals surface area contributed by atoms with Crippen LogP contribution >= 0.6 is 0 Å². The van der Waals surface area contributed by atoms with Gasteiger partial charge in [-0.3, -0.25) is 0 Å². The molecule has 1 nitrogen and oxygen atoms in total. The summed E-state index contributed by atoms with van der Waals surface area (Å²) in [4.78, 5) is 2.40. The van der Waals surface area contributed by atoms with Crippen LogP contribution in [0.15, 0.2) is 231 Å². The minimum Gasteiger partial charge on any atom is -0.310 e. The number of hydrogen-bond acceptors (Lipinski definition) is 1. The average molecular weight is 908 g/mol. The molecule has 0 aliphatic rings. The van der Waals surface area contributed by atoms with Gasteiger partial charge in [-0.15, -0.1) is 0 Å². The predicted octanol–water partition coefficient (Wildman–Crippen LogP) is 20.4. The average Bonchev–Trinajstić information content (AvgIpc) is 3.42. The SMILES string of the molecule is CC.CC.Cc1ccccc1-c1cccc(-c2cc(-c3ccccc3C)c(C)c(-c3ccc(-c4ccccc4N(c4ccc(-c5ccccc5)cc4)c4ccc(-c5ccccc5)cc4)cc3C)c2)c1C. The third kappa shape index (κ3) is 10.1. The summed E-state index contributed by atoms with van der Waals surface area (Å²) < 4.78 is 0. The Morgan fingerprint density at radius 2 is 0.600 bits per heavy atom. The molecule has 0 heterocycles. The fourth-order valence-corrected chi connectivity index (χ4v) is 9.76. The Bertz CT molecular complexity index is 3240. The summed E-state index contributed by atoms with van der Waals surface area (Å²) in [5.74, 6) is 0. The quantitative estimate of drug-likeness (QED) is 0.132. The Morgan fingerprint density at radius 3 is 1.10 bits per heavy atom. The van der Waals surface area contributed by atoms with Crippen LogP contribution in [0.4, 0.5) is 17.1 Å². The van der Waals surface area contributed by atoms with Crippen LogP contribution in [-0.4, -0.2) is 0 Å². The molecule has 1 heteroatoms. The Hall–Kier alpha value is -8.00. The van der Waals surface area contributed by atoms with Crippen LogP contribution in [0.25, 0.3) is 77.9 Å². The number of aryl methyl sites for hydroxylation is 3. The molecule has 346 valence electrons. The molecule has 0 saturated carbocycles. The van der Waals surface area contributed by atoms with Crippen LogP contribution in [0.2, 0.25) is 0 Å². The molecule has 0 atom stereocenters. The molecule has 10 rings (SSSR count). The van der Waals surface area contributed by atoms with Crippen molar-refractivity contribution >= 4 is 17.1 Å². The number of benzene rings is 10. The maximum absolute atomic E-state index is 2.43. The van der Waals surface area contributed by atoms with E-state index in [9.17, 15) is 0 Å². The Labute approximate surface area is 418 Å². The standard InChI is InChI=1S/C65H53N.2C2H6/c1-44-19-12-14-25-57(44)61-29-18-28-60(47(61)4)54-42-63(58-26-15-13-20-45(58)2)48(5)64(43-54)59-40-35-53(41-46(59)3)62-27-16-17-30-65(62)66(55-36-31-51(32-37-55)49-21-8-6-9-22-49)56-38-33-52(34-39-56)50-23-10-7-11-24-50;2*1-2/h6-43H,1-5H3;2*1-2H3. The zero-order valence-corrected chi connectivity index (χ0v) is 42.4. The van der Waals surface area contributed by atoms with Crippen molar-refractivity contribution in [3.05, 3.63) is 258 Å². The topological polar surface area (TPSA) is 3.24 Å².